The maximum atomic E-state index is 12.4. The zero-order chi connectivity index (χ0) is 20.1. The number of aryl methyl sites for hydroxylation is 1. The molecule has 0 bridgehead atoms. The number of pyridine rings is 1. The molecule has 6 heteroatoms. The molecule has 1 saturated heterocycles. The van der Waals surface area contributed by atoms with Crippen LogP contribution in [0, 0.1) is 0 Å². The van der Waals surface area contributed by atoms with Crippen LogP contribution in [0.3, 0.4) is 0 Å². The van der Waals surface area contributed by atoms with Crippen LogP contribution >= 0.6 is 11.6 Å². The van der Waals surface area contributed by atoms with Crippen LogP contribution in [0.25, 0.3) is 10.9 Å². The number of fused-ring (bicyclic) bond motifs is 1. The molecular formula is C23H27ClN4O. The van der Waals surface area contributed by atoms with Crippen LogP contribution in [0.1, 0.15) is 24.8 Å². The van der Waals surface area contributed by atoms with Crippen LogP contribution in [-0.2, 0) is 17.8 Å². The zero-order valence-electron chi connectivity index (χ0n) is 16.6. The molecule has 1 amide bonds. The Kier molecular flexibility index (Phi) is 6.47. The molecule has 0 aliphatic carbocycles. The Morgan fingerprint density at radius 3 is 2.69 bits per heavy atom. The summed E-state index contributed by atoms with van der Waals surface area (Å²) in [6.45, 7) is 3.83. The summed E-state index contributed by atoms with van der Waals surface area (Å²) in [5.74, 6) is 0.135. The molecule has 5 nitrogen and oxygen atoms in total. The third-order valence-corrected chi connectivity index (χ3v) is 5.97. The Morgan fingerprint density at radius 1 is 1.10 bits per heavy atom. The highest BCUT2D eigenvalue weighted by molar-refractivity contribution is 6.31. The Morgan fingerprint density at radius 2 is 1.90 bits per heavy atom. The van der Waals surface area contributed by atoms with Crippen molar-refractivity contribution >= 4 is 28.4 Å². The Hall–Kier alpha value is -2.37. The van der Waals surface area contributed by atoms with Crippen LogP contribution in [0.2, 0.25) is 5.02 Å². The Labute approximate surface area is 176 Å². The second-order valence-corrected chi connectivity index (χ2v) is 8.19. The smallest absolute Gasteiger partial charge is 0.222 e. The first kappa shape index (κ1) is 19.9. The van der Waals surface area contributed by atoms with E-state index in [2.05, 4.69) is 31.9 Å². The van der Waals surface area contributed by atoms with Crippen LogP contribution in [-0.4, -0.2) is 46.0 Å². The van der Waals surface area contributed by atoms with Gasteiger partial charge in [-0.05, 0) is 61.2 Å². The van der Waals surface area contributed by atoms with Gasteiger partial charge in [0.2, 0.25) is 5.91 Å². The number of hydrogen-bond acceptors (Lipinski definition) is 3. The second-order valence-electron chi connectivity index (χ2n) is 7.75. The lowest BCUT2D eigenvalue weighted by atomic mass is 10.0. The minimum absolute atomic E-state index is 0.135. The van der Waals surface area contributed by atoms with Crippen molar-refractivity contribution in [2.75, 3.05) is 19.6 Å². The molecule has 0 radical (unpaired) electrons. The van der Waals surface area contributed by atoms with Crippen LogP contribution in [0.5, 0.6) is 0 Å². The summed E-state index contributed by atoms with van der Waals surface area (Å²) >= 11 is 6.05. The molecule has 0 atom stereocenters. The first-order chi connectivity index (χ1) is 14.2. The van der Waals surface area contributed by atoms with Gasteiger partial charge < -0.3 is 14.8 Å². The standard InChI is InChI=1S/C23H27ClN4O/c24-20-1-2-22-19(17-20)6-15-28(22)16-9-23(29)26-21-7-13-27(14-8-21)12-5-18-3-10-25-11-4-18/h1-4,6,10-11,15,17,21H,5,7-9,12-14,16H2,(H,26,29). The lowest BCUT2D eigenvalue weighted by Crippen LogP contribution is -2.45. The molecule has 2 aromatic heterocycles. The second kappa shape index (κ2) is 9.42. The van der Waals surface area contributed by atoms with E-state index < -0.39 is 0 Å². The lowest BCUT2D eigenvalue weighted by Gasteiger charge is -2.32. The maximum Gasteiger partial charge on any atom is 0.222 e. The van der Waals surface area contributed by atoms with Crippen molar-refractivity contribution in [1.82, 2.24) is 19.8 Å². The van der Waals surface area contributed by atoms with Gasteiger partial charge >= 0.3 is 0 Å². The first-order valence-corrected chi connectivity index (χ1v) is 10.7. The minimum atomic E-state index is 0.135. The summed E-state index contributed by atoms with van der Waals surface area (Å²) in [6.07, 6.45) is 9.31. The Balaban J connectivity index is 1.19. The summed E-state index contributed by atoms with van der Waals surface area (Å²) in [4.78, 5) is 19.0. The van der Waals surface area contributed by atoms with Gasteiger partial charge in [0.25, 0.3) is 0 Å². The summed E-state index contributed by atoms with van der Waals surface area (Å²) in [5, 5.41) is 5.07. The normalized spacial score (nSPS) is 15.6. The number of hydrogen-bond donors (Lipinski definition) is 1. The monoisotopic (exact) mass is 410 g/mol. The third-order valence-electron chi connectivity index (χ3n) is 5.73. The number of amides is 1. The molecule has 3 heterocycles. The number of nitrogens with one attached hydrogen (secondary N) is 1. The highest BCUT2D eigenvalue weighted by Gasteiger charge is 2.20. The van der Waals surface area contributed by atoms with Crippen molar-refractivity contribution < 1.29 is 4.79 Å². The van der Waals surface area contributed by atoms with E-state index in [-0.39, 0.29) is 5.91 Å². The van der Waals surface area contributed by atoms with Gasteiger partial charge in [0.1, 0.15) is 0 Å². The van der Waals surface area contributed by atoms with Gasteiger partial charge in [-0.3, -0.25) is 9.78 Å². The maximum absolute atomic E-state index is 12.4. The van der Waals surface area contributed by atoms with E-state index in [0.29, 0.717) is 19.0 Å². The fraction of sp³-hybridized carbons (Fsp3) is 0.391. The molecule has 1 aromatic carbocycles. The van der Waals surface area contributed by atoms with E-state index in [0.717, 1.165) is 54.8 Å². The molecule has 1 aliphatic heterocycles. The summed E-state index contributed by atoms with van der Waals surface area (Å²) < 4.78 is 2.12. The predicted octanol–water partition coefficient (Wildman–Crippen LogP) is 3.90. The number of piperidine rings is 1. The molecule has 0 saturated carbocycles. The largest absolute Gasteiger partial charge is 0.353 e. The quantitative estimate of drug-likeness (QED) is 0.642. The van der Waals surface area contributed by atoms with Gasteiger partial charge in [0.15, 0.2) is 0 Å². The van der Waals surface area contributed by atoms with Crippen molar-refractivity contribution in [3.63, 3.8) is 0 Å². The number of halogens is 1. The topological polar surface area (TPSA) is 50.2 Å². The fourth-order valence-electron chi connectivity index (χ4n) is 4.03. The van der Waals surface area contributed by atoms with Crippen molar-refractivity contribution in [3.05, 3.63) is 65.6 Å². The number of nitrogens with zero attached hydrogens (tertiary/aromatic N) is 3. The van der Waals surface area contributed by atoms with E-state index in [9.17, 15) is 4.79 Å². The molecule has 3 aromatic rings. The Bertz CT molecular complexity index is 948. The van der Waals surface area contributed by atoms with Gasteiger partial charge in [-0.1, -0.05) is 11.6 Å². The average molecular weight is 411 g/mol. The molecule has 4 rings (SSSR count). The minimum Gasteiger partial charge on any atom is -0.353 e. The molecule has 29 heavy (non-hydrogen) atoms. The van der Waals surface area contributed by atoms with Crippen LogP contribution in [0.4, 0.5) is 0 Å². The zero-order valence-corrected chi connectivity index (χ0v) is 17.3. The van der Waals surface area contributed by atoms with Crippen molar-refractivity contribution in [3.8, 4) is 0 Å². The number of rotatable bonds is 7. The van der Waals surface area contributed by atoms with Gasteiger partial charge in [-0.15, -0.1) is 0 Å². The van der Waals surface area contributed by atoms with E-state index in [1.165, 1.54) is 5.56 Å². The fourth-order valence-corrected chi connectivity index (χ4v) is 4.21. The van der Waals surface area contributed by atoms with Crippen molar-refractivity contribution in [2.45, 2.75) is 38.3 Å². The molecule has 0 unspecified atom stereocenters. The predicted molar refractivity (Wildman–Crippen MR) is 117 cm³/mol. The highest BCUT2D eigenvalue weighted by Crippen LogP contribution is 2.20. The molecular weight excluding hydrogens is 384 g/mol. The summed E-state index contributed by atoms with van der Waals surface area (Å²) in [6, 6.07) is 12.3. The van der Waals surface area contributed by atoms with Gasteiger partial charge in [-0.2, -0.15) is 0 Å². The van der Waals surface area contributed by atoms with Gasteiger partial charge in [-0.25, -0.2) is 0 Å². The molecule has 152 valence electrons. The number of aromatic nitrogens is 2. The molecule has 0 spiro atoms. The summed E-state index contributed by atoms with van der Waals surface area (Å²) in [7, 11) is 0. The summed E-state index contributed by atoms with van der Waals surface area (Å²) in [5.41, 5.74) is 2.44. The number of benzene rings is 1. The lowest BCUT2D eigenvalue weighted by molar-refractivity contribution is -0.122. The number of carbonyl (C=O) groups is 1. The molecule has 1 aliphatic rings. The number of carbonyl (C=O) groups excluding carboxylic acids is 1. The van der Waals surface area contributed by atoms with E-state index in [1.807, 2.05) is 42.9 Å². The van der Waals surface area contributed by atoms with Gasteiger partial charge in [0.05, 0.1) is 0 Å². The SMILES string of the molecule is O=C(CCn1ccc2cc(Cl)ccc21)NC1CCN(CCc2ccncc2)CC1. The van der Waals surface area contributed by atoms with E-state index in [1.54, 1.807) is 0 Å². The number of likely N-dealkylation sites (tertiary alicyclic amines) is 1. The van der Waals surface area contributed by atoms with Crippen LogP contribution in [0.15, 0.2) is 55.0 Å². The molecule has 1 fully saturated rings. The van der Waals surface area contributed by atoms with Crippen molar-refractivity contribution in [2.24, 2.45) is 0 Å². The van der Waals surface area contributed by atoms with E-state index >= 15 is 0 Å². The van der Waals surface area contributed by atoms with Crippen molar-refractivity contribution in [1.29, 1.82) is 0 Å². The third kappa shape index (κ3) is 5.37. The average Bonchev–Trinajstić information content (AvgIpc) is 3.14. The van der Waals surface area contributed by atoms with Crippen LogP contribution < -0.4 is 5.32 Å². The first-order valence-electron chi connectivity index (χ1n) is 10.3. The van der Waals surface area contributed by atoms with Gasteiger partial charge in [0, 0.05) is 73.2 Å². The highest BCUT2D eigenvalue weighted by atomic mass is 35.5. The van der Waals surface area contributed by atoms with E-state index in [4.69, 9.17) is 11.6 Å². The molecule has 1 N–H and O–H groups in total.